The Morgan fingerprint density at radius 3 is 2.84 bits per heavy atom. The molecule has 2 heterocycles. The summed E-state index contributed by atoms with van der Waals surface area (Å²) in [4.78, 5) is 22.0. The monoisotopic (exact) mass is 273 g/mol. The van der Waals surface area contributed by atoms with Crippen molar-refractivity contribution < 1.29 is 18.0 Å². The molecule has 2 aromatic heterocycles. The topological polar surface area (TPSA) is 82.7 Å². The molecule has 2 aromatic rings. The van der Waals surface area contributed by atoms with Crippen LogP contribution >= 0.6 is 0 Å². The van der Waals surface area contributed by atoms with Crippen LogP contribution in [0.4, 0.5) is 18.0 Å². The van der Waals surface area contributed by atoms with Crippen molar-refractivity contribution in [3.8, 4) is 0 Å². The minimum atomic E-state index is -4.43. The van der Waals surface area contributed by atoms with Crippen molar-refractivity contribution in [1.29, 1.82) is 0 Å². The van der Waals surface area contributed by atoms with Crippen LogP contribution in [0.5, 0.6) is 0 Å². The van der Waals surface area contributed by atoms with Crippen molar-refractivity contribution in [3.63, 3.8) is 0 Å². The Kier molecular flexibility index (Phi) is 3.54. The Hall–Kier alpha value is -2.32. The minimum absolute atomic E-state index is 0.0138. The number of carbonyl (C=O) groups excluding carboxylic acids is 1. The van der Waals surface area contributed by atoms with Crippen LogP contribution in [0.1, 0.15) is 5.82 Å². The standard InChI is InChI=1S/C10H10F3N5O/c11-10(12,13)5-16-9(19)15-4-7-17-6-2-1-3-14-8(6)18-7/h1-3H,4-5H2,(H,14,17,18)(H2,15,16,19). The van der Waals surface area contributed by atoms with E-state index in [0.29, 0.717) is 17.0 Å². The van der Waals surface area contributed by atoms with Crippen LogP contribution in [0, 0.1) is 0 Å². The van der Waals surface area contributed by atoms with E-state index in [4.69, 9.17) is 0 Å². The summed E-state index contributed by atoms with van der Waals surface area (Å²) in [6, 6.07) is 2.56. The Morgan fingerprint density at radius 1 is 1.37 bits per heavy atom. The number of nitrogens with one attached hydrogen (secondary N) is 3. The predicted molar refractivity (Wildman–Crippen MR) is 60.2 cm³/mol. The Bertz CT molecular complexity index is 547. The average molecular weight is 273 g/mol. The van der Waals surface area contributed by atoms with Crippen LogP contribution in [-0.2, 0) is 6.54 Å². The highest BCUT2D eigenvalue weighted by Gasteiger charge is 2.27. The third kappa shape index (κ3) is 3.83. The molecule has 0 fully saturated rings. The summed E-state index contributed by atoms with van der Waals surface area (Å²) in [7, 11) is 0. The molecule has 0 radical (unpaired) electrons. The lowest BCUT2D eigenvalue weighted by Gasteiger charge is -2.08. The van der Waals surface area contributed by atoms with Crippen LogP contribution in [0.25, 0.3) is 11.2 Å². The maximum atomic E-state index is 11.8. The largest absolute Gasteiger partial charge is 0.405 e. The second kappa shape index (κ2) is 5.12. The number of halogens is 3. The SMILES string of the molecule is O=C(NCc1nc2ncccc2[nH]1)NCC(F)(F)F. The third-order valence-electron chi connectivity index (χ3n) is 2.17. The number of nitrogens with zero attached hydrogens (tertiary/aromatic N) is 2. The zero-order valence-electron chi connectivity index (χ0n) is 9.58. The summed E-state index contributed by atoms with van der Waals surface area (Å²) < 4.78 is 35.5. The van der Waals surface area contributed by atoms with Gasteiger partial charge in [0.15, 0.2) is 5.65 Å². The number of aromatic amines is 1. The first-order valence-corrected chi connectivity index (χ1v) is 5.32. The van der Waals surface area contributed by atoms with Gasteiger partial charge in [-0.1, -0.05) is 0 Å². The van der Waals surface area contributed by atoms with Crippen molar-refractivity contribution >= 4 is 17.2 Å². The molecule has 9 heteroatoms. The number of pyridine rings is 1. The van der Waals surface area contributed by atoms with E-state index in [0.717, 1.165) is 0 Å². The first-order valence-electron chi connectivity index (χ1n) is 5.32. The highest BCUT2D eigenvalue weighted by molar-refractivity contribution is 5.74. The highest BCUT2D eigenvalue weighted by Crippen LogP contribution is 2.12. The number of imidazole rings is 1. The van der Waals surface area contributed by atoms with Crippen LogP contribution < -0.4 is 10.6 Å². The predicted octanol–water partition coefficient (Wildman–Crippen LogP) is 1.32. The number of fused-ring (bicyclic) bond motifs is 1. The van der Waals surface area contributed by atoms with E-state index in [1.807, 2.05) is 0 Å². The fourth-order valence-corrected chi connectivity index (χ4v) is 1.39. The molecular formula is C10H10F3N5O. The van der Waals surface area contributed by atoms with E-state index in [1.165, 1.54) is 0 Å². The van der Waals surface area contributed by atoms with Crippen molar-refractivity contribution in [3.05, 3.63) is 24.2 Å². The third-order valence-corrected chi connectivity index (χ3v) is 2.17. The van der Waals surface area contributed by atoms with Crippen LogP contribution in [0.2, 0.25) is 0 Å². The van der Waals surface area contributed by atoms with Gasteiger partial charge in [0, 0.05) is 6.20 Å². The smallest absolute Gasteiger partial charge is 0.339 e. The second-order valence-corrected chi connectivity index (χ2v) is 3.71. The number of rotatable bonds is 3. The molecule has 0 aliphatic heterocycles. The Balaban J connectivity index is 1.86. The maximum absolute atomic E-state index is 11.8. The fourth-order valence-electron chi connectivity index (χ4n) is 1.39. The van der Waals surface area contributed by atoms with Crippen LogP contribution in [0.15, 0.2) is 18.3 Å². The van der Waals surface area contributed by atoms with Gasteiger partial charge in [-0.15, -0.1) is 0 Å². The summed E-state index contributed by atoms with van der Waals surface area (Å²) >= 11 is 0. The molecule has 0 aromatic carbocycles. The molecular weight excluding hydrogens is 263 g/mol. The number of amides is 2. The Labute approximate surface area is 105 Å². The van der Waals surface area contributed by atoms with Crippen LogP contribution in [-0.4, -0.2) is 33.7 Å². The second-order valence-electron chi connectivity index (χ2n) is 3.71. The minimum Gasteiger partial charge on any atom is -0.339 e. The quantitative estimate of drug-likeness (QED) is 0.788. The maximum Gasteiger partial charge on any atom is 0.405 e. The summed E-state index contributed by atoms with van der Waals surface area (Å²) in [5.74, 6) is 0.413. The molecule has 2 amide bonds. The molecule has 0 atom stereocenters. The number of urea groups is 1. The van der Waals surface area contributed by atoms with Crippen LogP contribution in [0.3, 0.4) is 0 Å². The number of aromatic nitrogens is 3. The zero-order valence-corrected chi connectivity index (χ0v) is 9.58. The normalized spacial score (nSPS) is 11.5. The summed E-state index contributed by atoms with van der Waals surface area (Å²) in [6.07, 6.45) is -2.86. The van der Waals surface area contributed by atoms with E-state index in [-0.39, 0.29) is 6.54 Å². The molecule has 0 spiro atoms. The molecule has 0 bridgehead atoms. The van der Waals surface area contributed by atoms with Gasteiger partial charge in [-0.3, -0.25) is 0 Å². The van der Waals surface area contributed by atoms with Gasteiger partial charge in [-0.2, -0.15) is 13.2 Å². The molecule has 2 rings (SSSR count). The molecule has 19 heavy (non-hydrogen) atoms. The highest BCUT2D eigenvalue weighted by atomic mass is 19.4. The number of carbonyl (C=O) groups is 1. The van der Waals surface area contributed by atoms with Gasteiger partial charge >= 0.3 is 12.2 Å². The number of alkyl halides is 3. The molecule has 0 aliphatic carbocycles. The zero-order chi connectivity index (χ0) is 13.9. The van der Waals surface area contributed by atoms with Gasteiger partial charge < -0.3 is 15.6 Å². The lowest BCUT2D eigenvalue weighted by Crippen LogP contribution is -2.40. The summed E-state index contributed by atoms with van der Waals surface area (Å²) in [6.45, 7) is -1.39. The molecule has 0 saturated heterocycles. The lowest BCUT2D eigenvalue weighted by atomic mass is 10.4. The summed E-state index contributed by atoms with van der Waals surface area (Å²) in [5.41, 5.74) is 1.17. The van der Waals surface area contributed by atoms with Crippen molar-refractivity contribution in [2.75, 3.05) is 6.54 Å². The summed E-state index contributed by atoms with van der Waals surface area (Å²) in [5, 5.41) is 3.96. The van der Waals surface area contributed by atoms with Gasteiger partial charge in [0.05, 0.1) is 12.1 Å². The van der Waals surface area contributed by atoms with Gasteiger partial charge in [0.2, 0.25) is 0 Å². The van der Waals surface area contributed by atoms with Crippen molar-refractivity contribution in [2.24, 2.45) is 0 Å². The molecule has 6 nitrogen and oxygen atoms in total. The van der Waals surface area contributed by atoms with Crippen molar-refractivity contribution in [1.82, 2.24) is 25.6 Å². The number of hydrogen-bond acceptors (Lipinski definition) is 3. The van der Waals surface area contributed by atoms with E-state index < -0.39 is 18.8 Å². The lowest BCUT2D eigenvalue weighted by molar-refractivity contribution is -0.122. The number of H-pyrrole nitrogens is 1. The Morgan fingerprint density at radius 2 is 2.16 bits per heavy atom. The molecule has 0 aliphatic rings. The van der Waals surface area contributed by atoms with E-state index in [2.05, 4.69) is 20.3 Å². The number of hydrogen-bond donors (Lipinski definition) is 3. The molecule has 3 N–H and O–H groups in total. The van der Waals surface area contributed by atoms with Gasteiger partial charge in [-0.25, -0.2) is 14.8 Å². The first kappa shape index (κ1) is 13.1. The van der Waals surface area contributed by atoms with E-state index in [1.54, 1.807) is 23.6 Å². The van der Waals surface area contributed by atoms with Gasteiger partial charge in [-0.05, 0) is 12.1 Å². The fraction of sp³-hybridized carbons (Fsp3) is 0.300. The average Bonchev–Trinajstić information content (AvgIpc) is 2.75. The van der Waals surface area contributed by atoms with Gasteiger partial charge in [0.25, 0.3) is 0 Å². The first-order chi connectivity index (χ1) is 8.94. The van der Waals surface area contributed by atoms with Gasteiger partial charge in [0.1, 0.15) is 12.4 Å². The van der Waals surface area contributed by atoms with E-state index >= 15 is 0 Å². The van der Waals surface area contributed by atoms with Crippen molar-refractivity contribution in [2.45, 2.75) is 12.7 Å². The molecule has 0 unspecified atom stereocenters. The molecule has 0 saturated carbocycles. The molecule has 102 valence electrons. The van der Waals surface area contributed by atoms with E-state index in [9.17, 15) is 18.0 Å².